The van der Waals surface area contributed by atoms with Gasteiger partial charge >= 0.3 is 11.9 Å². The summed E-state index contributed by atoms with van der Waals surface area (Å²) >= 11 is 2.00. The standard InChI is InChI=1S/C19H25FO5.C12H14FIO/c1-4-7-12-8-13-9-15(20)14(10-16(13)25-11-12)17(18(21)23-5-2)19(22)24-6-3;1-2-3-8-4-9-5-10(13)11(14)6-12(9)15-7-8/h9-10,12,17H,4-8,11H2,1-3H3;5-6,8H,2-4,7H2,1H3. The van der Waals surface area contributed by atoms with Gasteiger partial charge in [-0.1, -0.05) is 26.7 Å². The fourth-order valence-corrected chi connectivity index (χ4v) is 5.57. The van der Waals surface area contributed by atoms with Crippen molar-refractivity contribution in [1.29, 1.82) is 0 Å². The highest BCUT2D eigenvalue weighted by atomic mass is 127. The molecule has 2 atom stereocenters. The number of benzene rings is 2. The Morgan fingerprint density at radius 1 is 0.825 bits per heavy atom. The van der Waals surface area contributed by atoms with E-state index >= 15 is 0 Å². The van der Waals surface area contributed by atoms with Gasteiger partial charge in [0.15, 0.2) is 5.92 Å². The van der Waals surface area contributed by atoms with Crippen LogP contribution < -0.4 is 9.47 Å². The maximum absolute atomic E-state index is 14.7. The monoisotopic (exact) mass is 672 g/mol. The molecule has 6 nitrogen and oxygen atoms in total. The van der Waals surface area contributed by atoms with Crippen LogP contribution in [0.3, 0.4) is 0 Å². The molecule has 4 rings (SSSR count). The summed E-state index contributed by atoms with van der Waals surface area (Å²) in [4.78, 5) is 24.4. The maximum Gasteiger partial charge on any atom is 0.325 e. The van der Waals surface area contributed by atoms with Crippen molar-refractivity contribution in [2.24, 2.45) is 11.8 Å². The molecular formula is C31H39F2IO6. The lowest BCUT2D eigenvalue weighted by Gasteiger charge is -2.26. The van der Waals surface area contributed by atoms with Crippen molar-refractivity contribution in [2.75, 3.05) is 26.4 Å². The molecule has 40 heavy (non-hydrogen) atoms. The normalized spacial score (nSPS) is 17.4. The van der Waals surface area contributed by atoms with Crippen molar-refractivity contribution in [3.8, 4) is 11.5 Å². The van der Waals surface area contributed by atoms with Gasteiger partial charge in [0.2, 0.25) is 0 Å². The minimum absolute atomic E-state index is 0.0652. The molecule has 2 aromatic carbocycles. The van der Waals surface area contributed by atoms with Gasteiger partial charge in [0.05, 0.1) is 30.0 Å². The van der Waals surface area contributed by atoms with Gasteiger partial charge < -0.3 is 18.9 Å². The molecule has 0 aliphatic carbocycles. The fourth-order valence-electron chi connectivity index (χ4n) is 5.13. The Hall–Kier alpha value is -2.43. The van der Waals surface area contributed by atoms with Crippen molar-refractivity contribution in [3.05, 3.63) is 56.2 Å². The molecule has 0 radical (unpaired) electrons. The van der Waals surface area contributed by atoms with Crippen LogP contribution in [0.25, 0.3) is 0 Å². The van der Waals surface area contributed by atoms with Crippen molar-refractivity contribution in [3.63, 3.8) is 0 Å². The van der Waals surface area contributed by atoms with Gasteiger partial charge in [0.25, 0.3) is 0 Å². The summed E-state index contributed by atoms with van der Waals surface area (Å²) in [6, 6.07) is 6.22. The maximum atomic E-state index is 14.7. The molecule has 0 N–H and O–H groups in total. The minimum Gasteiger partial charge on any atom is -0.493 e. The summed E-state index contributed by atoms with van der Waals surface area (Å²) in [7, 11) is 0. The van der Waals surface area contributed by atoms with Crippen LogP contribution in [0.2, 0.25) is 0 Å². The van der Waals surface area contributed by atoms with E-state index in [9.17, 15) is 18.4 Å². The first-order valence-electron chi connectivity index (χ1n) is 14.1. The second-order valence-electron chi connectivity index (χ2n) is 10.1. The first-order valence-corrected chi connectivity index (χ1v) is 15.2. The molecule has 2 aromatic rings. The summed E-state index contributed by atoms with van der Waals surface area (Å²) in [5.74, 6) is -1.53. The lowest BCUT2D eigenvalue weighted by molar-refractivity contribution is -0.157. The van der Waals surface area contributed by atoms with Gasteiger partial charge in [0.1, 0.15) is 23.1 Å². The Bertz CT molecular complexity index is 1150. The van der Waals surface area contributed by atoms with E-state index in [2.05, 4.69) is 13.8 Å². The highest BCUT2D eigenvalue weighted by Gasteiger charge is 2.35. The topological polar surface area (TPSA) is 71.1 Å². The molecule has 0 saturated heterocycles. The van der Waals surface area contributed by atoms with Gasteiger partial charge in [-0.3, -0.25) is 9.59 Å². The van der Waals surface area contributed by atoms with E-state index in [-0.39, 0.29) is 24.6 Å². The number of carbonyl (C=O) groups excluding carboxylic acids is 2. The van der Waals surface area contributed by atoms with E-state index in [0.29, 0.717) is 27.8 Å². The number of carbonyl (C=O) groups is 2. The third kappa shape index (κ3) is 8.30. The van der Waals surface area contributed by atoms with E-state index in [0.717, 1.165) is 62.0 Å². The molecule has 0 aromatic heterocycles. The van der Waals surface area contributed by atoms with Crippen LogP contribution in [0.4, 0.5) is 8.78 Å². The fraction of sp³-hybridized carbons (Fsp3) is 0.548. The number of hydrogen-bond donors (Lipinski definition) is 0. The predicted molar refractivity (Wildman–Crippen MR) is 157 cm³/mol. The Kier molecular flexibility index (Phi) is 12.5. The zero-order valence-electron chi connectivity index (χ0n) is 23.7. The second kappa shape index (κ2) is 15.5. The van der Waals surface area contributed by atoms with Gasteiger partial charge in [-0.25, -0.2) is 8.78 Å². The Balaban J connectivity index is 0.000000249. The highest BCUT2D eigenvalue weighted by Crippen LogP contribution is 2.35. The average Bonchev–Trinajstić information content (AvgIpc) is 2.91. The molecule has 0 spiro atoms. The Labute approximate surface area is 249 Å². The molecule has 0 bridgehead atoms. The molecule has 2 aliphatic rings. The number of ether oxygens (including phenoxy) is 4. The van der Waals surface area contributed by atoms with Crippen molar-refractivity contribution < 1.29 is 37.3 Å². The van der Waals surface area contributed by atoms with E-state index in [1.165, 1.54) is 12.1 Å². The number of halogens is 3. The molecule has 0 fully saturated rings. The predicted octanol–water partition coefficient (Wildman–Crippen LogP) is 7.17. The second-order valence-corrected chi connectivity index (χ2v) is 11.3. The SMILES string of the molecule is CCCC1COc2cc(C(C(=O)OCC)C(=O)OCC)c(F)cc2C1.CCCC1COc2cc(I)c(F)cc2C1. The highest BCUT2D eigenvalue weighted by molar-refractivity contribution is 14.1. The quantitative estimate of drug-likeness (QED) is 0.160. The number of esters is 2. The smallest absolute Gasteiger partial charge is 0.325 e. The lowest BCUT2D eigenvalue weighted by Crippen LogP contribution is -2.28. The lowest BCUT2D eigenvalue weighted by atomic mass is 9.90. The Morgan fingerprint density at radius 3 is 1.77 bits per heavy atom. The number of hydrogen-bond acceptors (Lipinski definition) is 6. The molecule has 2 heterocycles. The van der Waals surface area contributed by atoms with Gasteiger partial charge in [-0.05, 0) is 109 Å². The molecule has 2 aliphatic heterocycles. The molecule has 2 unspecified atom stereocenters. The number of rotatable bonds is 9. The molecule has 0 saturated carbocycles. The zero-order valence-corrected chi connectivity index (χ0v) is 25.9. The van der Waals surface area contributed by atoms with Crippen LogP contribution in [-0.4, -0.2) is 38.4 Å². The van der Waals surface area contributed by atoms with Crippen molar-refractivity contribution in [2.45, 2.75) is 72.1 Å². The summed E-state index contributed by atoms with van der Waals surface area (Å²) in [5, 5.41) is 0. The zero-order chi connectivity index (χ0) is 29.2. The summed E-state index contributed by atoms with van der Waals surface area (Å²) < 4.78 is 49.9. The molecule has 9 heteroatoms. The summed E-state index contributed by atoms with van der Waals surface area (Å²) in [6.45, 7) is 9.04. The largest absolute Gasteiger partial charge is 0.493 e. The third-order valence-electron chi connectivity index (χ3n) is 7.00. The average molecular weight is 673 g/mol. The van der Waals surface area contributed by atoms with Crippen LogP contribution >= 0.6 is 22.6 Å². The third-order valence-corrected chi connectivity index (χ3v) is 7.83. The van der Waals surface area contributed by atoms with Crippen LogP contribution in [-0.2, 0) is 31.9 Å². The molecular weight excluding hydrogens is 633 g/mol. The van der Waals surface area contributed by atoms with E-state index in [1.807, 2.05) is 22.6 Å². The minimum atomic E-state index is -1.44. The summed E-state index contributed by atoms with van der Waals surface area (Å²) in [5.41, 5.74) is 1.72. The molecule has 220 valence electrons. The molecule has 0 amide bonds. The van der Waals surface area contributed by atoms with Crippen LogP contribution in [0.15, 0.2) is 24.3 Å². The van der Waals surface area contributed by atoms with E-state index in [4.69, 9.17) is 18.9 Å². The van der Waals surface area contributed by atoms with Crippen molar-refractivity contribution in [1.82, 2.24) is 0 Å². The van der Waals surface area contributed by atoms with Crippen LogP contribution in [0.1, 0.15) is 76.0 Å². The Morgan fingerprint density at radius 2 is 1.30 bits per heavy atom. The van der Waals surface area contributed by atoms with Gasteiger partial charge in [0, 0.05) is 5.56 Å². The number of fused-ring (bicyclic) bond motifs is 2. The van der Waals surface area contributed by atoms with E-state index < -0.39 is 23.7 Å². The van der Waals surface area contributed by atoms with E-state index in [1.54, 1.807) is 26.0 Å². The summed E-state index contributed by atoms with van der Waals surface area (Å²) in [6.07, 6.45) is 6.05. The first kappa shape index (κ1) is 32.1. The van der Waals surface area contributed by atoms with Gasteiger partial charge in [-0.2, -0.15) is 0 Å². The van der Waals surface area contributed by atoms with Crippen LogP contribution in [0, 0.1) is 27.0 Å². The first-order chi connectivity index (χ1) is 19.2. The van der Waals surface area contributed by atoms with Crippen molar-refractivity contribution >= 4 is 34.5 Å². The van der Waals surface area contributed by atoms with Gasteiger partial charge in [-0.15, -0.1) is 0 Å². The van der Waals surface area contributed by atoms with Crippen LogP contribution in [0.5, 0.6) is 11.5 Å².